The van der Waals surface area contributed by atoms with E-state index in [-0.39, 0.29) is 0 Å². The molecule has 0 aliphatic carbocycles. The first-order valence-electron chi connectivity index (χ1n) is 6.58. The third kappa shape index (κ3) is 2.41. The molecular weight excluding hydrogens is 244 g/mol. The lowest BCUT2D eigenvalue weighted by molar-refractivity contribution is 0.617. The summed E-state index contributed by atoms with van der Waals surface area (Å²) in [5.41, 5.74) is 1.23. The number of nitrogens with one attached hydrogen (secondary N) is 1. The largest absolute Gasteiger partial charge is 0.373 e. The van der Waals surface area contributed by atoms with Crippen LogP contribution in [0.2, 0.25) is 0 Å². The van der Waals surface area contributed by atoms with Crippen molar-refractivity contribution in [3.05, 3.63) is 11.9 Å². The summed E-state index contributed by atoms with van der Waals surface area (Å²) in [6.07, 6.45) is 2.62. The molecular formula is C13H22N4S. The lowest BCUT2D eigenvalue weighted by Crippen LogP contribution is -2.45. The third-order valence-electron chi connectivity index (χ3n) is 3.67. The van der Waals surface area contributed by atoms with Crippen LogP contribution in [0, 0.1) is 0 Å². The van der Waals surface area contributed by atoms with E-state index in [0.717, 1.165) is 24.6 Å². The second-order valence-corrected chi connectivity index (χ2v) is 6.12. The lowest BCUT2D eigenvalue weighted by Gasteiger charge is -2.39. The van der Waals surface area contributed by atoms with Gasteiger partial charge in [0.1, 0.15) is 18.0 Å². The zero-order chi connectivity index (χ0) is 13.1. The maximum absolute atomic E-state index is 4.53. The van der Waals surface area contributed by atoms with E-state index >= 15 is 0 Å². The van der Waals surface area contributed by atoms with E-state index in [1.165, 1.54) is 11.3 Å². The first kappa shape index (κ1) is 13.5. The summed E-state index contributed by atoms with van der Waals surface area (Å²) >= 11 is 2.05. The van der Waals surface area contributed by atoms with Crippen LogP contribution in [-0.2, 0) is 6.42 Å². The van der Waals surface area contributed by atoms with Crippen molar-refractivity contribution in [3.8, 4) is 0 Å². The molecule has 1 saturated heterocycles. The van der Waals surface area contributed by atoms with Gasteiger partial charge >= 0.3 is 0 Å². The topological polar surface area (TPSA) is 41.1 Å². The summed E-state index contributed by atoms with van der Waals surface area (Å²) in [6, 6.07) is 0.522. The second-order valence-electron chi connectivity index (χ2n) is 4.64. The maximum atomic E-state index is 4.53. The quantitative estimate of drug-likeness (QED) is 0.910. The van der Waals surface area contributed by atoms with Crippen LogP contribution in [0.25, 0.3) is 0 Å². The molecule has 1 fully saturated rings. The standard InChI is InChI=1S/C13H22N4S/c1-5-11-12(14-4)15-8-16-13(11)17-6-7-18-10(3)9(17)2/h8-10H,5-7H2,1-4H3,(H,14,15,16). The van der Waals surface area contributed by atoms with E-state index in [4.69, 9.17) is 0 Å². The van der Waals surface area contributed by atoms with Crippen LogP contribution in [-0.4, -0.2) is 40.6 Å². The molecule has 1 aromatic rings. The van der Waals surface area contributed by atoms with Gasteiger partial charge in [-0.3, -0.25) is 0 Å². The van der Waals surface area contributed by atoms with Crippen LogP contribution in [0.1, 0.15) is 26.3 Å². The summed E-state index contributed by atoms with van der Waals surface area (Å²) in [5.74, 6) is 3.24. The number of hydrogen-bond acceptors (Lipinski definition) is 5. The fraction of sp³-hybridized carbons (Fsp3) is 0.692. The molecule has 0 spiro atoms. The van der Waals surface area contributed by atoms with Crippen LogP contribution in [0.15, 0.2) is 6.33 Å². The van der Waals surface area contributed by atoms with Crippen LogP contribution in [0.4, 0.5) is 11.6 Å². The van der Waals surface area contributed by atoms with Gasteiger partial charge in [0.15, 0.2) is 0 Å². The van der Waals surface area contributed by atoms with Crippen molar-refractivity contribution in [3.63, 3.8) is 0 Å². The molecule has 1 aliphatic heterocycles. The fourth-order valence-corrected chi connectivity index (χ4v) is 3.52. The van der Waals surface area contributed by atoms with Gasteiger partial charge in [0.05, 0.1) is 0 Å². The molecule has 1 aliphatic rings. The number of aromatic nitrogens is 2. The Morgan fingerprint density at radius 3 is 2.89 bits per heavy atom. The van der Waals surface area contributed by atoms with Crippen molar-refractivity contribution < 1.29 is 0 Å². The van der Waals surface area contributed by atoms with Gasteiger partial charge < -0.3 is 10.2 Å². The number of thioether (sulfide) groups is 1. The van der Waals surface area contributed by atoms with E-state index in [1.807, 2.05) is 18.8 Å². The average Bonchev–Trinajstić information content (AvgIpc) is 2.41. The molecule has 0 radical (unpaired) electrons. The number of nitrogens with zero attached hydrogens (tertiary/aromatic N) is 3. The van der Waals surface area contributed by atoms with E-state index in [0.29, 0.717) is 11.3 Å². The fourth-order valence-electron chi connectivity index (χ4n) is 2.42. The molecule has 0 aromatic carbocycles. The molecule has 18 heavy (non-hydrogen) atoms. The Bertz CT molecular complexity index is 410. The van der Waals surface area contributed by atoms with Crippen LogP contribution in [0.3, 0.4) is 0 Å². The van der Waals surface area contributed by atoms with Gasteiger partial charge in [-0.2, -0.15) is 11.8 Å². The third-order valence-corrected chi connectivity index (χ3v) is 5.01. The monoisotopic (exact) mass is 266 g/mol. The zero-order valence-corrected chi connectivity index (χ0v) is 12.4. The minimum atomic E-state index is 0.522. The predicted molar refractivity (Wildman–Crippen MR) is 79.7 cm³/mol. The molecule has 4 nitrogen and oxygen atoms in total. The van der Waals surface area contributed by atoms with Gasteiger partial charge in [0.2, 0.25) is 0 Å². The highest BCUT2D eigenvalue weighted by atomic mass is 32.2. The van der Waals surface area contributed by atoms with Gasteiger partial charge in [-0.05, 0) is 13.3 Å². The van der Waals surface area contributed by atoms with Crippen molar-refractivity contribution >= 4 is 23.4 Å². The van der Waals surface area contributed by atoms with Gasteiger partial charge in [-0.25, -0.2) is 9.97 Å². The van der Waals surface area contributed by atoms with E-state index < -0.39 is 0 Å². The van der Waals surface area contributed by atoms with Crippen molar-refractivity contribution in [1.29, 1.82) is 0 Å². The van der Waals surface area contributed by atoms with Gasteiger partial charge in [0, 0.05) is 36.2 Å². The summed E-state index contributed by atoms with van der Waals surface area (Å²) < 4.78 is 0. The molecule has 2 heterocycles. The molecule has 0 amide bonds. The van der Waals surface area contributed by atoms with Crippen molar-refractivity contribution in [2.24, 2.45) is 0 Å². The zero-order valence-electron chi connectivity index (χ0n) is 11.6. The van der Waals surface area contributed by atoms with E-state index in [1.54, 1.807) is 6.33 Å². The Balaban J connectivity index is 2.37. The molecule has 100 valence electrons. The van der Waals surface area contributed by atoms with Crippen molar-refractivity contribution in [2.45, 2.75) is 38.5 Å². The van der Waals surface area contributed by atoms with Gasteiger partial charge in [0.25, 0.3) is 0 Å². The van der Waals surface area contributed by atoms with E-state index in [9.17, 15) is 0 Å². The van der Waals surface area contributed by atoms with Gasteiger partial charge in [-0.1, -0.05) is 13.8 Å². The smallest absolute Gasteiger partial charge is 0.137 e. The summed E-state index contributed by atoms with van der Waals surface area (Å²) in [6.45, 7) is 7.82. The molecule has 2 rings (SSSR count). The molecule has 1 aromatic heterocycles. The normalized spacial score (nSPS) is 24.1. The summed E-state index contributed by atoms with van der Waals surface area (Å²) in [7, 11) is 1.92. The summed E-state index contributed by atoms with van der Waals surface area (Å²) in [4.78, 5) is 11.3. The minimum Gasteiger partial charge on any atom is -0.373 e. The van der Waals surface area contributed by atoms with Crippen LogP contribution < -0.4 is 10.2 Å². The van der Waals surface area contributed by atoms with Gasteiger partial charge in [-0.15, -0.1) is 0 Å². The summed E-state index contributed by atoms with van der Waals surface area (Å²) in [5, 5.41) is 3.82. The minimum absolute atomic E-state index is 0.522. The molecule has 0 bridgehead atoms. The SMILES string of the molecule is CCc1c(NC)ncnc1N1CCSC(C)C1C. The number of rotatable bonds is 3. The van der Waals surface area contributed by atoms with Crippen LogP contribution >= 0.6 is 11.8 Å². The highest BCUT2D eigenvalue weighted by Gasteiger charge is 2.28. The van der Waals surface area contributed by atoms with E-state index in [2.05, 4.69) is 41.0 Å². The maximum Gasteiger partial charge on any atom is 0.137 e. The number of anilines is 2. The van der Waals surface area contributed by atoms with Crippen LogP contribution in [0.5, 0.6) is 0 Å². The first-order valence-corrected chi connectivity index (χ1v) is 7.63. The highest BCUT2D eigenvalue weighted by molar-refractivity contribution is 8.00. The lowest BCUT2D eigenvalue weighted by atomic mass is 10.1. The van der Waals surface area contributed by atoms with Crippen molar-refractivity contribution in [2.75, 3.05) is 29.6 Å². The van der Waals surface area contributed by atoms with Crippen molar-refractivity contribution in [1.82, 2.24) is 9.97 Å². The highest BCUT2D eigenvalue weighted by Crippen LogP contribution is 2.31. The Morgan fingerprint density at radius 1 is 1.44 bits per heavy atom. The molecule has 1 N–H and O–H groups in total. The molecule has 5 heteroatoms. The Hall–Kier alpha value is -0.970. The first-order chi connectivity index (χ1) is 8.69. The predicted octanol–water partition coefficient (Wildman–Crippen LogP) is 2.41. The number of hydrogen-bond donors (Lipinski definition) is 1. The average molecular weight is 266 g/mol. The molecule has 2 unspecified atom stereocenters. The Kier molecular flexibility index (Phi) is 4.32. The second kappa shape index (κ2) is 5.78. The Labute approximate surface area is 114 Å². The molecule has 0 saturated carbocycles. The molecule has 2 atom stereocenters. The Morgan fingerprint density at radius 2 is 2.22 bits per heavy atom.